The molecule has 1 atom stereocenters. The molecule has 7 nitrogen and oxygen atoms in total. The smallest absolute Gasteiger partial charge is 0.255 e. The molecule has 138 valence electrons. The number of carbonyl (C=O) groups excluding carboxylic acids is 3. The van der Waals surface area contributed by atoms with E-state index in [1.807, 2.05) is 13.0 Å². The average Bonchev–Trinajstić information content (AvgIpc) is 2.94. The molecule has 1 aromatic rings. The van der Waals surface area contributed by atoms with E-state index in [1.165, 1.54) is 0 Å². The Morgan fingerprint density at radius 3 is 2.62 bits per heavy atom. The van der Waals surface area contributed by atoms with Crippen LogP contribution >= 0.6 is 0 Å². The number of benzene rings is 1. The monoisotopic (exact) mass is 357 g/mol. The Bertz CT molecular complexity index is 798. The Morgan fingerprint density at radius 2 is 1.92 bits per heavy atom. The summed E-state index contributed by atoms with van der Waals surface area (Å²) in [4.78, 5) is 37.9. The third-order valence-electron chi connectivity index (χ3n) is 5.94. The van der Waals surface area contributed by atoms with Crippen molar-refractivity contribution in [3.63, 3.8) is 0 Å². The molecule has 0 aromatic heterocycles. The molecule has 0 saturated carbocycles. The molecule has 3 amide bonds. The number of fused-ring (bicyclic) bond motifs is 1. The SMILES string of the molecule is Cc1c(C2(O)CCNCC2)ccc2c1CN(C1CCC(=O)NC1=O)C2=O. The van der Waals surface area contributed by atoms with Crippen molar-refractivity contribution in [3.8, 4) is 0 Å². The Hall–Kier alpha value is -2.25. The molecule has 2 fully saturated rings. The second-order valence-electron chi connectivity index (χ2n) is 7.45. The van der Waals surface area contributed by atoms with Gasteiger partial charge in [-0.25, -0.2) is 0 Å². The quantitative estimate of drug-likeness (QED) is 0.663. The summed E-state index contributed by atoms with van der Waals surface area (Å²) in [7, 11) is 0. The summed E-state index contributed by atoms with van der Waals surface area (Å²) >= 11 is 0. The fraction of sp³-hybridized carbons (Fsp3) is 0.526. The first-order valence-electron chi connectivity index (χ1n) is 9.11. The lowest BCUT2D eigenvalue weighted by atomic mass is 9.81. The lowest BCUT2D eigenvalue weighted by molar-refractivity contribution is -0.136. The minimum Gasteiger partial charge on any atom is -0.385 e. The van der Waals surface area contributed by atoms with E-state index >= 15 is 0 Å². The van der Waals surface area contributed by atoms with E-state index in [0.29, 0.717) is 31.4 Å². The molecule has 0 aliphatic carbocycles. The summed E-state index contributed by atoms with van der Waals surface area (Å²) in [6, 6.07) is 3.01. The summed E-state index contributed by atoms with van der Waals surface area (Å²) in [5.74, 6) is -0.874. The molecule has 1 unspecified atom stereocenters. The number of carbonyl (C=O) groups is 3. The highest BCUT2D eigenvalue weighted by Crippen LogP contribution is 2.38. The summed E-state index contributed by atoms with van der Waals surface area (Å²) in [5.41, 5.74) is 2.39. The van der Waals surface area contributed by atoms with Crippen molar-refractivity contribution in [1.29, 1.82) is 0 Å². The van der Waals surface area contributed by atoms with Gasteiger partial charge in [-0.1, -0.05) is 6.07 Å². The topological polar surface area (TPSA) is 98.7 Å². The van der Waals surface area contributed by atoms with Crippen LogP contribution in [0, 0.1) is 6.92 Å². The Kier molecular flexibility index (Phi) is 4.08. The molecule has 3 aliphatic rings. The van der Waals surface area contributed by atoms with Gasteiger partial charge >= 0.3 is 0 Å². The number of piperidine rings is 2. The number of amides is 3. The van der Waals surface area contributed by atoms with Crippen molar-refractivity contribution in [3.05, 3.63) is 34.4 Å². The van der Waals surface area contributed by atoms with E-state index in [2.05, 4.69) is 10.6 Å². The van der Waals surface area contributed by atoms with Crippen LogP contribution in [0.1, 0.15) is 52.7 Å². The van der Waals surface area contributed by atoms with Crippen LogP contribution in [0.25, 0.3) is 0 Å². The number of imide groups is 1. The van der Waals surface area contributed by atoms with Crippen molar-refractivity contribution in [1.82, 2.24) is 15.5 Å². The van der Waals surface area contributed by atoms with Gasteiger partial charge in [0.2, 0.25) is 11.8 Å². The van der Waals surface area contributed by atoms with Gasteiger partial charge in [-0.2, -0.15) is 0 Å². The highest BCUT2D eigenvalue weighted by atomic mass is 16.3. The zero-order valence-corrected chi connectivity index (χ0v) is 14.8. The lowest BCUT2D eigenvalue weighted by Gasteiger charge is -2.34. The second kappa shape index (κ2) is 6.17. The van der Waals surface area contributed by atoms with Crippen LogP contribution < -0.4 is 10.6 Å². The maximum absolute atomic E-state index is 12.8. The molecule has 26 heavy (non-hydrogen) atoms. The van der Waals surface area contributed by atoms with Crippen molar-refractivity contribution in [2.75, 3.05) is 13.1 Å². The fourth-order valence-corrected chi connectivity index (χ4v) is 4.40. The molecule has 7 heteroatoms. The van der Waals surface area contributed by atoms with E-state index in [9.17, 15) is 19.5 Å². The third kappa shape index (κ3) is 2.62. The summed E-state index contributed by atoms with van der Waals surface area (Å²) < 4.78 is 0. The first kappa shape index (κ1) is 17.2. The first-order valence-corrected chi connectivity index (χ1v) is 9.11. The van der Waals surface area contributed by atoms with Gasteiger partial charge in [0, 0.05) is 18.5 Å². The zero-order valence-electron chi connectivity index (χ0n) is 14.8. The van der Waals surface area contributed by atoms with Crippen LogP contribution in [0.5, 0.6) is 0 Å². The predicted molar refractivity (Wildman–Crippen MR) is 93.2 cm³/mol. The molecule has 1 aromatic carbocycles. The van der Waals surface area contributed by atoms with Crippen molar-refractivity contribution >= 4 is 17.7 Å². The minimum absolute atomic E-state index is 0.179. The third-order valence-corrected chi connectivity index (χ3v) is 5.94. The van der Waals surface area contributed by atoms with Gasteiger partial charge < -0.3 is 15.3 Å². The lowest BCUT2D eigenvalue weighted by Crippen LogP contribution is -2.52. The van der Waals surface area contributed by atoms with E-state index in [4.69, 9.17) is 0 Å². The van der Waals surface area contributed by atoms with Gasteiger partial charge in [0.05, 0.1) is 5.60 Å². The number of nitrogens with one attached hydrogen (secondary N) is 2. The Morgan fingerprint density at radius 1 is 1.19 bits per heavy atom. The molecule has 0 spiro atoms. The van der Waals surface area contributed by atoms with Crippen molar-refractivity contribution in [2.24, 2.45) is 0 Å². The minimum atomic E-state index is -0.880. The normalized spacial score (nSPS) is 25.2. The maximum Gasteiger partial charge on any atom is 0.255 e. The van der Waals surface area contributed by atoms with Gasteiger partial charge in [0.15, 0.2) is 0 Å². The van der Waals surface area contributed by atoms with E-state index < -0.39 is 17.6 Å². The van der Waals surface area contributed by atoms with Crippen LogP contribution in [0.3, 0.4) is 0 Å². The van der Waals surface area contributed by atoms with E-state index in [1.54, 1.807) is 11.0 Å². The fourth-order valence-electron chi connectivity index (χ4n) is 4.40. The number of nitrogens with zero attached hydrogens (tertiary/aromatic N) is 1. The summed E-state index contributed by atoms with van der Waals surface area (Å²) in [5, 5.41) is 16.6. The summed E-state index contributed by atoms with van der Waals surface area (Å²) in [6.45, 7) is 3.80. The van der Waals surface area contributed by atoms with E-state index in [0.717, 1.165) is 29.8 Å². The van der Waals surface area contributed by atoms with Crippen molar-refractivity contribution in [2.45, 2.75) is 50.8 Å². The highest BCUT2D eigenvalue weighted by molar-refractivity contribution is 6.05. The zero-order chi connectivity index (χ0) is 18.5. The van der Waals surface area contributed by atoms with Gasteiger partial charge in [0.1, 0.15) is 6.04 Å². The number of aliphatic hydroxyl groups is 1. The predicted octanol–water partition coefficient (Wildman–Crippen LogP) is 0.327. The van der Waals surface area contributed by atoms with Gasteiger partial charge in [-0.15, -0.1) is 0 Å². The van der Waals surface area contributed by atoms with Crippen LogP contribution in [0.4, 0.5) is 0 Å². The molecule has 3 aliphatic heterocycles. The first-order chi connectivity index (χ1) is 12.4. The van der Waals surface area contributed by atoms with Crippen molar-refractivity contribution < 1.29 is 19.5 Å². The standard InChI is InChI=1S/C19H23N3O4/c1-11-13-10-22(15-4-5-16(23)21-17(15)24)18(25)12(13)2-3-14(11)19(26)6-8-20-9-7-19/h2-3,15,20,26H,4-10H2,1H3,(H,21,23,24). The summed E-state index contributed by atoms with van der Waals surface area (Å²) in [6.07, 6.45) is 1.87. The molecule has 2 saturated heterocycles. The number of hydrogen-bond acceptors (Lipinski definition) is 5. The van der Waals surface area contributed by atoms with Gasteiger partial charge in [0.25, 0.3) is 5.91 Å². The largest absolute Gasteiger partial charge is 0.385 e. The van der Waals surface area contributed by atoms with Crippen LogP contribution in [-0.4, -0.2) is 46.9 Å². The molecular weight excluding hydrogens is 334 g/mol. The Balaban J connectivity index is 1.65. The second-order valence-corrected chi connectivity index (χ2v) is 7.45. The Labute approximate surface area is 151 Å². The molecule has 3 heterocycles. The number of hydrogen-bond donors (Lipinski definition) is 3. The molecule has 0 radical (unpaired) electrons. The van der Waals surface area contributed by atoms with Gasteiger partial charge in [-0.3, -0.25) is 19.7 Å². The van der Waals surface area contributed by atoms with Gasteiger partial charge in [-0.05, 0) is 62.0 Å². The molecule has 3 N–H and O–H groups in total. The molecule has 4 rings (SSSR count). The maximum atomic E-state index is 12.8. The van der Waals surface area contributed by atoms with Crippen LogP contribution in [0.15, 0.2) is 12.1 Å². The van der Waals surface area contributed by atoms with Crippen LogP contribution in [-0.2, 0) is 21.7 Å². The highest BCUT2D eigenvalue weighted by Gasteiger charge is 2.41. The molecule has 0 bridgehead atoms. The van der Waals surface area contributed by atoms with Crippen LogP contribution in [0.2, 0.25) is 0 Å². The average molecular weight is 357 g/mol. The van der Waals surface area contributed by atoms with E-state index in [-0.39, 0.29) is 18.2 Å². The molecular formula is C19H23N3O4. The number of rotatable bonds is 2.